The molecule has 331 valence electrons. The predicted molar refractivity (Wildman–Crippen MR) is 227 cm³/mol. The van der Waals surface area contributed by atoms with Crippen molar-refractivity contribution >= 4 is 30.4 Å². The van der Waals surface area contributed by atoms with Crippen LogP contribution in [-0.4, -0.2) is 56.2 Å². The third-order valence-corrected chi connectivity index (χ3v) is 12.1. The zero-order valence-electron chi connectivity index (χ0n) is 36.0. The molecule has 0 bridgehead atoms. The quantitative estimate of drug-likeness (QED) is 0.0429. The van der Waals surface area contributed by atoms with E-state index in [2.05, 4.69) is 20.8 Å². The Bertz CT molecular complexity index is 921. The second kappa shape index (κ2) is 47.8. The molecule has 0 fully saturated rings. The van der Waals surface area contributed by atoms with Crippen LogP contribution in [0.1, 0.15) is 252 Å². The second-order valence-corrected chi connectivity index (χ2v) is 20.0. The Morgan fingerprint density at radius 1 is 0.236 bits per heavy atom. The molecule has 0 unspecified atom stereocenters. The molecule has 0 rings (SSSR count). The van der Waals surface area contributed by atoms with Gasteiger partial charge in [-0.25, -0.2) is 25.3 Å². The summed E-state index contributed by atoms with van der Waals surface area (Å²) in [6.07, 6.45) is 42.9. The normalized spacial score (nSPS) is 11.7. The van der Waals surface area contributed by atoms with Gasteiger partial charge in [0.2, 0.25) is 0 Å². The summed E-state index contributed by atoms with van der Waals surface area (Å²) in [4.78, 5) is 0. The average molecular weight is 972 g/mol. The molecule has 0 aromatic carbocycles. The zero-order valence-corrected chi connectivity index (χ0v) is 41.6. The fraction of sp³-hybridized carbons (Fsp3) is 1.00. The standard InChI is InChI=1S/3C14H30O3S.Ce/c3*1-2-3-4-5-6-7-8-9-10-11-12-13-14-18(15,16)17;/h3*2-14H2,1H3,(H,15,16,17);/q;;;+3/p-3. The number of rotatable bonds is 39. The molecule has 13 heteroatoms. The van der Waals surface area contributed by atoms with Gasteiger partial charge >= 0.3 is 41.7 Å². The first-order chi connectivity index (χ1) is 25.7. The summed E-state index contributed by atoms with van der Waals surface area (Å²) in [7, 11) is -12.0. The minimum Gasteiger partial charge on any atom is -0.748 e. The minimum absolute atomic E-state index is 0. The van der Waals surface area contributed by atoms with Gasteiger partial charge in [0.25, 0.3) is 0 Å². The molecule has 0 aromatic heterocycles. The Morgan fingerprint density at radius 3 is 0.455 bits per heavy atom. The summed E-state index contributed by atoms with van der Waals surface area (Å²) in [5.74, 6) is -0.570. The molecule has 0 heterocycles. The van der Waals surface area contributed by atoms with Crippen LogP contribution in [0.3, 0.4) is 0 Å². The van der Waals surface area contributed by atoms with Crippen molar-refractivity contribution in [2.75, 3.05) is 17.3 Å². The summed E-state index contributed by atoms with van der Waals surface area (Å²) >= 11 is 0. The molecule has 0 aliphatic carbocycles. The van der Waals surface area contributed by atoms with Gasteiger partial charge in [-0.05, 0) is 19.3 Å². The molecule has 9 nitrogen and oxygen atoms in total. The van der Waals surface area contributed by atoms with Crippen LogP contribution in [0.15, 0.2) is 0 Å². The SMILES string of the molecule is CCCCCCCCCCCCCCS(=O)(=O)[O-].CCCCCCCCCCCCCCS(=O)(=O)[O-].CCCCCCCCCCCCCCS(=O)(=O)[O-].[Ce+3]. The van der Waals surface area contributed by atoms with Crippen LogP contribution in [0.5, 0.6) is 0 Å². The van der Waals surface area contributed by atoms with E-state index in [1.54, 1.807) is 0 Å². The summed E-state index contributed by atoms with van der Waals surface area (Å²) in [6, 6.07) is 0. The average Bonchev–Trinajstić information content (AvgIpc) is 3.09. The molecule has 0 aliphatic heterocycles. The summed E-state index contributed by atoms with van der Waals surface area (Å²) in [5, 5.41) is 0. The molecule has 1 radical (unpaired) electrons. The predicted octanol–water partition coefficient (Wildman–Crippen LogP) is 12.7. The van der Waals surface area contributed by atoms with Crippen molar-refractivity contribution in [2.45, 2.75) is 252 Å². The van der Waals surface area contributed by atoms with Gasteiger partial charge in [0.05, 0.1) is 30.4 Å². The Kier molecular flexibility index (Phi) is 54.5. The largest absolute Gasteiger partial charge is 3.00 e. The first kappa shape index (κ1) is 62.8. The van der Waals surface area contributed by atoms with Gasteiger partial charge in [-0.3, -0.25) is 0 Å². The van der Waals surface area contributed by atoms with E-state index >= 15 is 0 Å². The number of hydrogen-bond donors (Lipinski definition) is 0. The Labute approximate surface area is 376 Å². The third-order valence-electron chi connectivity index (χ3n) is 9.74. The van der Waals surface area contributed by atoms with Crippen LogP contribution in [0, 0.1) is 41.7 Å². The van der Waals surface area contributed by atoms with E-state index in [9.17, 15) is 38.9 Å². The van der Waals surface area contributed by atoms with Crippen LogP contribution < -0.4 is 0 Å². The number of unbranched alkanes of at least 4 members (excludes halogenated alkanes) is 33. The summed E-state index contributed by atoms with van der Waals surface area (Å²) < 4.78 is 93.2. The van der Waals surface area contributed by atoms with Crippen molar-refractivity contribution in [3.8, 4) is 0 Å². The fourth-order valence-electron chi connectivity index (χ4n) is 6.36. The van der Waals surface area contributed by atoms with E-state index in [-0.39, 0.29) is 59.0 Å². The minimum atomic E-state index is -3.99. The topological polar surface area (TPSA) is 172 Å². The van der Waals surface area contributed by atoms with E-state index in [1.165, 1.54) is 173 Å². The first-order valence-electron chi connectivity index (χ1n) is 22.5. The van der Waals surface area contributed by atoms with Gasteiger partial charge in [0.15, 0.2) is 0 Å². The van der Waals surface area contributed by atoms with Crippen LogP contribution in [0.25, 0.3) is 0 Å². The summed E-state index contributed by atoms with van der Waals surface area (Å²) in [5.41, 5.74) is 0. The Balaban J connectivity index is -0.000000351. The van der Waals surface area contributed by atoms with E-state index in [4.69, 9.17) is 0 Å². The van der Waals surface area contributed by atoms with Crippen LogP contribution in [0.4, 0.5) is 0 Å². The Hall–Kier alpha value is 1.11. The van der Waals surface area contributed by atoms with Crippen molar-refractivity contribution < 1.29 is 80.7 Å². The van der Waals surface area contributed by atoms with E-state index in [0.29, 0.717) is 19.3 Å². The molecule has 0 amide bonds. The van der Waals surface area contributed by atoms with Gasteiger partial charge < -0.3 is 13.7 Å². The molecule has 0 spiro atoms. The van der Waals surface area contributed by atoms with Gasteiger partial charge in [-0.15, -0.1) is 0 Å². The molecule has 0 N–H and O–H groups in total. The van der Waals surface area contributed by atoms with Crippen LogP contribution in [0.2, 0.25) is 0 Å². The van der Waals surface area contributed by atoms with Crippen LogP contribution in [-0.2, 0) is 30.4 Å². The number of hydrogen-bond acceptors (Lipinski definition) is 9. The molecule has 0 saturated heterocycles. The third kappa shape index (κ3) is 73.1. The Morgan fingerprint density at radius 2 is 0.345 bits per heavy atom. The maximum atomic E-state index is 10.4. The van der Waals surface area contributed by atoms with E-state index in [0.717, 1.165) is 38.5 Å². The molecular formula is C42H87CeO9S3. The van der Waals surface area contributed by atoms with Crippen molar-refractivity contribution in [3.05, 3.63) is 0 Å². The van der Waals surface area contributed by atoms with Gasteiger partial charge in [-0.1, -0.05) is 233 Å². The molecular weight excluding hydrogens is 885 g/mol. The molecule has 55 heavy (non-hydrogen) atoms. The van der Waals surface area contributed by atoms with Crippen molar-refractivity contribution in [1.29, 1.82) is 0 Å². The zero-order chi connectivity index (χ0) is 41.1. The first-order valence-corrected chi connectivity index (χ1v) is 27.2. The van der Waals surface area contributed by atoms with Gasteiger partial charge in [0.1, 0.15) is 0 Å². The molecule has 0 atom stereocenters. The van der Waals surface area contributed by atoms with Crippen molar-refractivity contribution in [3.63, 3.8) is 0 Å². The van der Waals surface area contributed by atoms with Gasteiger partial charge in [-0.2, -0.15) is 0 Å². The van der Waals surface area contributed by atoms with Crippen LogP contribution >= 0.6 is 0 Å². The molecule has 0 aliphatic rings. The van der Waals surface area contributed by atoms with Crippen molar-refractivity contribution in [2.24, 2.45) is 0 Å². The summed E-state index contributed by atoms with van der Waals surface area (Å²) in [6.45, 7) is 6.70. The van der Waals surface area contributed by atoms with E-state index < -0.39 is 30.4 Å². The monoisotopic (exact) mass is 971 g/mol. The molecule has 0 aromatic rings. The van der Waals surface area contributed by atoms with Gasteiger partial charge in [0, 0.05) is 17.3 Å². The maximum absolute atomic E-state index is 10.4. The molecule has 0 saturated carbocycles. The second-order valence-electron chi connectivity index (χ2n) is 15.5. The smallest absolute Gasteiger partial charge is 0.748 e. The van der Waals surface area contributed by atoms with Crippen molar-refractivity contribution in [1.82, 2.24) is 0 Å². The maximum Gasteiger partial charge on any atom is 3.00 e. The van der Waals surface area contributed by atoms with E-state index in [1.807, 2.05) is 0 Å². The fourth-order valence-corrected chi connectivity index (χ4v) is 8.03.